The molecule has 124 valence electrons. The van der Waals surface area contributed by atoms with E-state index < -0.39 is 10.0 Å². The van der Waals surface area contributed by atoms with Gasteiger partial charge in [-0.05, 0) is 31.0 Å². The molecule has 0 unspecified atom stereocenters. The number of halogens is 1. The SMILES string of the molecule is COc1ccc(S(=O)(=O)NCC2(CO)CCCCC2)cc1Cl. The standard InChI is InChI=1S/C15H22ClNO4S/c1-21-14-6-5-12(9-13(14)16)22(19,20)17-10-15(11-18)7-3-2-4-8-15/h5-6,9,17-18H,2-4,7-8,10-11H2,1H3. The van der Waals surface area contributed by atoms with Gasteiger partial charge < -0.3 is 9.84 Å². The smallest absolute Gasteiger partial charge is 0.240 e. The van der Waals surface area contributed by atoms with Crippen molar-refractivity contribution >= 4 is 21.6 Å². The molecule has 0 radical (unpaired) electrons. The minimum atomic E-state index is -3.66. The van der Waals surface area contributed by atoms with Gasteiger partial charge in [-0.15, -0.1) is 0 Å². The molecule has 0 atom stereocenters. The van der Waals surface area contributed by atoms with Crippen LogP contribution in [-0.2, 0) is 10.0 Å². The molecule has 2 N–H and O–H groups in total. The van der Waals surface area contributed by atoms with Crippen LogP contribution < -0.4 is 9.46 Å². The lowest BCUT2D eigenvalue weighted by atomic mass is 9.75. The van der Waals surface area contributed by atoms with Crippen LogP contribution in [0.5, 0.6) is 5.75 Å². The molecule has 1 aliphatic carbocycles. The average molecular weight is 348 g/mol. The number of hydrogen-bond acceptors (Lipinski definition) is 4. The molecule has 0 heterocycles. The first-order valence-electron chi connectivity index (χ1n) is 7.36. The van der Waals surface area contributed by atoms with Crippen molar-refractivity contribution in [1.29, 1.82) is 0 Å². The lowest BCUT2D eigenvalue weighted by Gasteiger charge is -2.35. The van der Waals surface area contributed by atoms with E-state index in [2.05, 4.69) is 4.72 Å². The molecule has 1 aromatic carbocycles. The second-order valence-electron chi connectivity index (χ2n) is 5.84. The second-order valence-corrected chi connectivity index (χ2v) is 8.01. The van der Waals surface area contributed by atoms with Gasteiger partial charge >= 0.3 is 0 Å². The first-order chi connectivity index (χ1) is 10.4. The predicted octanol–water partition coefficient (Wildman–Crippen LogP) is 2.57. The van der Waals surface area contributed by atoms with Crippen LogP contribution in [0.4, 0.5) is 0 Å². The van der Waals surface area contributed by atoms with E-state index in [1.807, 2.05) is 0 Å². The number of benzene rings is 1. The van der Waals surface area contributed by atoms with Crippen LogP contribution in [0.2, 0.25) is 5.02 Å². The highest BCUT2D eigenvalue weighted by atomic mass is 35.5. The molecule has 1 aliphatic rings. The molecular formula is C15H22ClNO4S. The maximum atomic E-state index is 12.4. The van der Waals surface area contributed by atoms with E-state index in [9.17, 15) is 13.5 Å². The molecule has 5 nitrogen and oxygen atoms in total. The molecule has 0 amide bonds. The Hall–Kier alpha value is -0.820. The van der Waals surface area contributed by atoms with Crippen LogP contribution in [0.3, 0.4) is 0 Å². The monoisotopic (exact) mass is 347 g/mol. The van der Waals surface area contributed by atoms with Crippen LogP contribution in [0.25, 0.3) is 0 Å². The Balaban J connectivity index is 2.12. The fourth-order valence-electron chi connectivity index (χ4n) is 2.84. The molecule has 0 aliphatic heterocycles. The van der Waals surface area contributed by atoms with Crippen LogP contribution in [0.15, 0.2) is 23.1 Å². The number of nitrogens with one attached hydrogen (secondary N) is 1. The summed E-state index contributed by atoms with van der Waals surface area (Å²) in [6.07, 6.45) is 4.88. The van der Waals surface area contributed by atoms with E-state index in [0.717, 1.165) is 32.1 Å². The van der Waals surface area contributed by atoms with Crippen molar-refractivity contribution in [2.75, 3.05) is 20.3 Å². The highest BCUT2D eigenvalue weighted by Gasteiger charge is 2.33. The highest BCUT2D eigenvalue weighted by molar-refractivity contribution is 7.89. The number of hydrogen-bond donors (Lipinski definition) is 2. The van der Waals surface area contributed by atoms with Gasteiger partial charge in [-0.1, -0.05) is 30.9 Å². The summed E-state index contributed by atoms with van der Waals surface area (Å²) in [5.41, 5.74) is -0.346. The predicted molar refractivity (Wildman–Crippen MR) is 85.8 cm³/mol. The zero-order valence-corrected chi connectivity index (χ0v) is 14.2. The normalized spacial score (nSPS) is 18.1. The highest BCUT2D eigenvalue weighted by Crippen LogP contribution is 2.35. The van der Waals surface area contributed by atoms with Crippen molar-refractivity contribution < 1.29 is 18.3 Å². The summed E-state index contributed by atoms with van der Waals surface area (Å²) in [4.78, 5) is 0.0993. The van der Waals surface area contributed by atoms with Gasteiger partial charge in [0.05, 0.1) is 17.0 Å². The molecule has 1 saturated carbocycles. The number of sulfonamides is 1. The maximum absolute atomic E-state index is 12.4. The minimum Gasteiger partial charge on any atom is -0.495 e. The number of aliphatic hydroxyl groups excluding tert-OH is 1. The summed E-state index contributed by atoms with van der Waals surface area (Å²) in [6.45, 7) is 0.244. The van der Waals surface area contributed by atoms with Crippen LogP contribution in [0, 0.1) is 5.41 Å². The van der Waals surface area contributed by atoms with E-state index in [-0.39, 0.29) is 28.5 Å². The number of methoxy groups -OCH3 is 1. The van der Waals surface area contributed by atoms with Gasteiger partial charge in [0.1, 0.15) is 5.75 Å². The number of ether oxygens (including phenoxy) is 1. The quantitative estimate of drug-likeness (QED) is 0.829. The van der Waals surface area contributed by atoms with E-state index in [1.165, 1.54) is 25.3 Å². The topological polar surface area (TPSA) is 75.6 Å². The van der Waals surface area contributed by atoms with Gasteiger partial charge in [0, 0.05) is 18.6 Å². The van der Waals surface area contributed by atoms with Gasteiger partial charge in [-0.2, -0.15) is 0 Å². The lowest BCUT2D eigenvalue weighted by molar-refractivity contribution is 0.0867. The summed E-state index contributed by atoms with van der Waals surface area (Å²) in [5.74, 6) is 0.430. The van der Waals surface area contributed by atoms with Crippen LogP contribution in [0.1, 0.15) is 32.1 Å². The largest absolute Gasteiger partial charge is 0.495 e. The second kappa shape index (κ2) is 7.17. The van der Waals surface area contributed by atoms with Crippen molar-refractivity contribution in [3.8, 4) is 5.75 Å². The number of aliphatic hydroxyl groups is 1. The molecule has 1 fully saturated rings. The zero-order chi connectivity index (χ0) is 16.2. The van der Waals surface area contributed by atoms with Gasteiger partial charge in [0.25, 0.3) is 0 Å². The lowest BCUT2D eigenvalue weighted by Crippen LogP contribution is -2.41. The first-order valence-corrected chi connectivity index (χ1v) is 9.23. The third-order valence-electron chi connectivity index (χ3n) is 4.32. The Morgan fingerprint density at radius 3 is 2.55 bits per heavy atom. The zero-order valence-electron chi connectivity index (χ0n) is 12.6. The Bertz CT molecular complexity index is 612. The average Bonchev–Trinajstić information content (AvgIpc) is 2.54. The van der Waals surface area contributed by atoms with Gasteiger partial charge in [-0.3, -0.25) is 0 Å². The molecule has 7 heteroatoms. The number of rotatable bonds is 6. The molecule has 0 saturated heterocycles. The minimum absolute atomic E-state index is 0.00110. The fraction of sp³-hybridized carbons (Fsp3) is 0.600. The Labute approximate surface area is 136 Å². The fourth-order valence-corrected chi connectivity index (χ4v) is 4.34. The Kier molecular flexibility index (Phi) is 5.71. The first kappa shape index (κ1) is 17.5. The Morgan fingerprint density at radius 1 is 1.32 bits per heavy atom. The van der Waals surface area contributed by atoms with Crippen LogP contribution in [-0.4, -0.2) is 33.8 Å². The third-order valence-corrected chi connectivity index (χ3v) is 6.01. The van der Waals surface area contributed by atoms with Crippen molar-refractivity contribution in [1.82, 2.24) is 4.72 Å². The molecule has 0 spiro atoms. The summed E-state index contributed by atoms with van der Waals surface area (Å²) in [5, 5.41) is 9.90. The maximum Gasteiger partial charge on any atom is 0.240 e. The molecular weight excluding hydrogens is 326 g/mol. The van der Waals surface area contributed by atoms with Gasteiger partial charge in [0.2, 0.25) is 10.0 Å². The van der Waals surface area contributed by atoms with Gasteiger partial charge in [-0.25, -0.2) is 13.1 Å². The van der Waals surface area contributed by atoms with Gasteiger partial charge in [0.15, 0.2) is 0 Å². The molecule has 1 aromatic rings. The van der Waals surface area contributed by atoms with E-state index >= 15 is 0 Å². The van der Waals surface area contributed by atoms with E-state index in [0.29, 0.717) is 5.75 Å². The van der Waals surface area contributed by atoms with Crippen molar-refractivity contribution in [3.05, 3.63) is 23.2 Å². The summed E-state index contributed by atoms with van der Waals surface area (Å²) in [7, 11) is -2.18. The van der Waals surface area contributed by atoms with E-state index in [4.69, 9.17) is 16.3 Å². The van der Waals surface area contributed by atoms with E-state index in [1.54, 1.807) is 0 Å². The van der Waals surface area contributed by atoms with Crippen LogP contribution >= 0.6 is 11.6 Å². The summed E-state index contributed by atoms with van der Waals surface area (Å²) < 4.78 is 32.4. The molecule has 22 heavy (non-hydrogen) atoms. The van der Waals surface area contributed by atoms with Crippen molar-refractivity contribution in [2.45, 2.75) is 37.0 Å². The van der Waals surface area contributed by atoms with Crippen molar-refractivity contribution in [2.24, 2.45) is 5.41 Å². The summed E-state index contributed by atoms with van der Waals surface area (Å²) >= 11 is 5.98. The summed E-state index contributed by atoms with van der Waals surface area (Å²) in [6, 6.07) is 4.36. The Morgan fingerprint density at radius 2 is 2.00 bits per heavy atom. The third kappa shape index (κ3) is 3.93. The molecule has 2 rings (SSSR count). The molecule has 0 bridgehead atoms. The molecule has 0 aromatic heterocycles. The van der Waals surface area contributed by atoms with Crippen molar-refractivity contribution in [3.63, 3.8) is 0 Å².